The van der Waals surface area contributed by atoms with Crippen LogP contribution in [0.5, 0.6) is 0 Å². The average molecular weight is 285 g/mol. The molecule has 1 aromatic carbocycles. The normalized spacial score (nSPS) is 23.3. The van der Waals surface area contributed by atoms with Gasteiger partial charge in [-0.2, -0.15) is 0 Å². The first-order chi connectivity index (χ1) is 9.78. The van der Waals surface area contributed by atoms with Crippen molar-refractivity contribution in [3.05, 3.63) is 57.8 Å². The van der Waals surface area contributed by atoms with E-state index in [1.165, 1.54) is 29.7 Å². The van der Waals surface area contributed by atoms with E-state index in [9.17, 15) is 0 Å². The lowest BCUT2D eigenvalue weighted by atomic mass is 9.74. The molecule has 0 saturated heterocycles. The summed E-state index contributed by atoms with van der Waals surface area (Å²) in [5, 5.41) is 6.01. The maximum atomic E-state index is 3.84. The van der Waals surface area contributed by atoms with Gasteiger partial charge in [0.05, 0.1) is 0 Å². The van der Waals surface area contributed by atoms with Crippen LogP contribution in [-0.2, 0) is 0 Å². The Morgan fingerprint density at radius 2 is 2.00 bits per heavy atom. The zero-order chi connectivity index (χ0) is 13.9. The Hall–Kier alpha value is -1.12. The molecule has 0 spiro atoms. The highest BCUT2D eigenvalue weighted by Gasteiger charge is 2.32. The van der Waals surface area contributed by atoms with Crippen LogP contribution in [0.2, 0.25) is 0 Å². The van der Waals surface area contributed by atoms with Gasteiger partial charge in [0.2, 0.25) is 0 Å². The minimum atomic E-state index is 0.540. The molecular weight excluding hydrogens is 262 g/mol. The van der Waals surface area contributed by atoms with Gasteiger partial charge in [0.1, 0.15) is 0 Å². The molecule has 2 heteroatoms. The number of thiophene rings is 1. The van der Waals surface area contributed by atoms with E-state index < -0.39 is 0 Å². The van der Waals surface area contributed by atoms with Gasteiger partial charge in [-0.05, 0) is 54.7 Å². The Labute approximate surface area is 126 Å². The quantitative estimate of drug-likeness (QED) is 0.811. The Morgan fingerprint density at radius 3 is 2.65 bits per heavy atom. The molecule has 1 aliphatic rings. The second kappa shape index (κ2) is 6.11. The molecule has 1 heterocycles. The van der Waals surface area contributed by atoms with E-state index in [-0.39, 0.29) is 0 Å². The lowest BCUT2D eigenvalue weighted by molar-refractivity contribution is 0.263. The van der Waals surface area contributed by atoms with Gasteiger partial charge in [-0.25, -0.2) is 0 Å². The average Bonchev–Trinajstić information content (AvgIpc) is 2.93. The minimum Gasteiger partial charge on any atom is -0.306 e. The Bertz CT molecular complexity index is 540. The second-order valence-electron chi connectivity index (χ2n) is 5.86. The van der Waals surface area contributed by atoms with E-state index in [2.05, 4.69) is 60.9 Å². The van der Waals surface area contributed by atoms with Crippen molar-refractivity contribution in [3.63, 3.8) is 0 Å². The van der Waals surface area contributed by atoms with Gasteiger partial charge in [-0.15, -0.1) is 11.3 Å². The van der Waals surface area contributed by atoms with E-state index in [1.54, 1.807) is 5.56 Å². The molecule has 1 fully saturated rings. The van der Waals surface area contributed by atoms with Crippen molar-refractivity contribution in [2.75, 3.05) is 0 Å². The van der Waals surface area contributed by atoms with Crippen molar-refractivity contribution in [2.45, 2.75) is 51.1 Å². The lowest BCUT2D eigenvalue weighted by Crippen LogP contribution is -2.41. The van der Waals surface area contributed by atoms with Gasteiger partial charge >= 0.3 is 0 Å². The summed E-state index contributed by atoms with van der Waals surface area (Å²) < 4.78 is 0. The molecule has 0 aliphatic heterocycles. The van der Waals surface area contributed by atoms with Gasteiger partial charge < -0.3 is 5.32 Å². The molecule has 1 nitrogen and oxygen atoms in total. The van der Waals surface area contributed by atoms with Gasteiger partial charge in [-0.3, -0.25) is 0 Å². The van der Waals surface area contributed by atoms with Gasteiger partial charge in [-0.1, -0.05) is 37.3 Å². The first-order valence-corrected chi connectivity index (χ1v) is 8.51. The summed E-state index contributed by atoms with van der Waals surface area (Å²) in [6.45, 7) is 4.51. The maximum Gasteiger partial charge on any atom is 0.0414 e. The molecule has 20 heavy (non-hydrogen) atoms. The topological polar surface area (TPSA) is 12.0 Å². The van der Waals surface area contributed by atoms with Crippen molar-refractivity contribution in [3.8, 4) is 0 Å². The highest BCUT2D eigenvalue weighted by Crippen LogP contribution is 2.39. The Kier molecular flexibility index (Phi) is 4.23. The lowest BCUT2D eigenvalue weighted by Gasteiger charge is -2.39. The van der Waals surface area contributed by atoms with Crippen molar-refractivity contribution in [2.24, 2.45) is 0 Å². The van der Waals surface area contributed by atoms with E-state index in [0.717, 1.165) is 5.92 Å². The smallest absolute Gasteiger partial charge is 0.0414 e. The fourth-order valence-corrected chi connectivity index (χ4v) is 4.10. The van der Waals surface area contributed by atoms with E-state index >= 15 is 0 Å². The van der Waals surface area contributed by atoms with E-state index in [0.29, 0.717) is 12.1 Å². The van der Waals surface area contributed by atoms with Gasteiger partial charge in [0.15, 0.2) is 0 Å². The third-order valence-corrected chi connectivity index (χ3v) is 5.48. The predicted octanol–water partition coefficient (Wildman–Crippen LogP) is 5.04. The van der Waals surface area contributed by atoms with Gasteiger partial charge in [0.25, 0.3) is 0 Å². The first-order valence-electron chi connectivity index (χ1n) is 7.63. The van der Waals surface area contributed by atoms with Crippen LogP contribution in [0.1, 0.15) is 54.1 Å². The van der Waals surface area contributed by atoms with Crippen LogP contribution in [0.4, 0.5) is 0 Å². The molecule has 1 saturated carbocycles. The molecule has 1 aliphatic carbocycles. The molecule has 0 bridgehead atoms. The largest absolute Gasteiger partial charge is 0.306 e. The molecule has 3 rings (SSSR count). The number of nitrogens with one attached hydrogen (secondary N) is 1. The van der Waals surface area contributed by atoms with E-state index in [4.69, 9.17) is 0 Å². The number of hydrogen-bond acceptors (Lipinski definition) is 2. The number of aryl methyl sites for hydroxylation is 1. The van der Waals surface area contributed by atoms with Crippen molar-refractivity contribution in [1.29, 1.82) is 0 Å². The molecule has 0 radical (unpaired) electrons. The van der Waals surface area contributed by atoms with Crippen molar-refractivity contribution < 1.29 is 0 Å². The molecule has 0 amide bonds. The van der Waals surface area contributed by atoms with Crippen LogP contribution in [0, 0.1) is 6.92 Å². The number of rotatable bonds is 5. The SMILES string of the molecule is CCC(NC1CC(c2ccccc2C)C1)c1cccs1. The predicted molar refractivity (Wildman–Crippen MR) is 87.4 cm³/mol. The van der Waals surface area contributed by atoms with Crippen LogP contribution >= 0.6 is 11.3 Å². The van der Waals surface area contributed by atoms with Crippen molar-refractivity contribution >= 4 is 11.3 Å². The summed E-state index contributed by atoms with van der Waals surface area (Å²) in [7, 11) is 0. The third-order valence-electron chi connectivity index (χ3n) is 4.50. The summed E-state index contributed by atoms with van der Waals surface area (Å²) in [6.07, 6.45) is 3.74. The van der Waals surface area contributed by atoms with Crippen LogP contribution < -0.4 is 5.32 Å². The summed E-state index contributed by atoms with van der Waals surface area (Å²) in [5.74, 6) is 0.759. The van der Waals surface area contributed by atoms with Crippen molar-refractivity contribution in [1.82, 2.24) is 5.32 Å². The summed E-state index contributed by atoms with van der Waals surface area (Å²) in [6, 6.07) is 14.5. The minimum absolute atomic E-state index is 0.540. The molecule has 1 aromatic heterocycles. The zero-order valence-electron chi connectivity index (χ0n) is 12.3. The molecule has 1 N–H and O–H groups in total. The molecule has 106 valence electrons. The number of benzene rings is 1. The molecular formula is C18H23NS. The Morgan fingerprint density at radius 1 is 1.20 bits per heavy atom. The standard InChI is InChI=1S/C18H23NS/c1-3-17(18-9-6-10-20-18)19-15-11-14(12-15)16-8-5-4-7-13(16)2/h4-10,14-15,17,19H,3,11-12H2,1-2H3. The highest BCUT2D eigenvalue weighted by atomic mass is 32.1. The van der Waals surface area contributed by atoms with Crippen LogP contribution in [0.25, 0.3) is 0 Å². The number of hydrogen-bond donors (Lipinski definition) is 1. The first kappa shape index (κ1) is 13.8. The van der Waals surface area contributed by atoms with Gasteiger partial charge in [0, 0.05) is 17.0 Å². The Balaban J connectivity index is 1.57. The highest BCUT2D eigenvalue weighted by molar-refractivity contribution is 7.10. The monoisotopic (exact) mass is 285 g/mol. The fourth-order valence-electron chi connectivity index (χ4n) is 3.23. The zero-order valence-corrected chi connectivity index (χ0v) is 13.1. The van der Waals surface area contributed by atoms with Crippen LogP contribution in [0.3, 0.4) is 0 Å². The molecule has 1 unspecified atom stereocenters. The summed E-state index contributed by atoms with van der Waals surface area (Å²) >= 11 is 1.87. The fraction of sp³-hybridized carbons (Fsp3) is 0.444. The summed E-state index contributed by atoms with van der Waals surface area (Å²) in [5.41, 5.74) is 3.00. The molecule has 1 atom stereocenters. The second-order valence-corrected chi connectivity index (χ2v) is 6.84. The third kappa shape index (κ3) is 2.82. The van der Waals surface area contributed by atoms with Crippen LogP contribution in [0.15, 0.2) is 41.8 Å². The maximum absolute atomic E-state index is 3.84. The van der Waals surface area contributed by atoms with Crippen LogP contribution in [-0.4, -0.2) is 6.04 Å². The summed E-state index contributed by atoms with van der Waals surface area (Å²) in [4.78, 5) is 1.48. The molecule has 2 aromatic rings. The van der Waals surface area contributed by atoms with E-state index in [1.807, 2.05) is 11.3 Å².